The first-order chi connectivity index (χ1) is 7.65. The van der Waals surface area contributed by atoms with E-state index >= 15 is 0 Å². The van der Waals surface area contributed by atoms with Gasteiger partial charge in [0.25, 0.3) is 0 Å². The summed E-state index contributed by atoms with van der Waals surface area (Å²) in [7, 11) is 0. The molecule has 0 spiro atoms. The second-order valence-electron chi connectivity index (χ2n) is 3.45. The van der Waals surface area contributed by atoms with Gasteiger partial charge in [0.1, 0.15) is 11.6 Å². The van der Waals surface area contributed by atoms with Crippen LogP contribution >= 0.6 is 11.6 Å². The van der Waals surface area contributed by atoms with Crippen LogP contribution in [0.5, 0.6) is 0 Å². The van der Waals surface area contributed by atoms with Gasteiger partial charge in [-0.15, -0.1) is 0 Å². The van der Waals surface area contributed by atoms with Gasteiger partial charge in [0.2, 0.25) is 0 Å². The van der Waals surface area contributed by atoms with Crippen molar-refractivity contribution < 1.29 is 4.39 Å². The molecule has 0 saturated carbocycles. The SMILES string of the molecule is CCc1cc2cc(F)cc(Cl)c2nc1NN. The number of hydrazine groups is 1. The number of benzene rings is 1. The van der Waals surface area contributed by atoms with Gasteiger partial charge in [-0.3, -0.25) is 0 Å². The number of pyridine rings is 1. The summed E-state index contributed by atoms with van der Waals surface area (Å²) in [5.74, 6) is 5.57. The molecular weight excluding hydrogens is 229 g/mol. The maximum Gasteiger partial charge on any atom is 0.143 e. The van der Waals surface area contributed by atoms with E-state index in [1.807, 2.05) is 13.0 Å². The molecule has 5 heteroatoms. The van der Waals surface area contributed by atoms with Crippen LogP contribution in [-0.4, -0.2) is 4.98 Å². The third-order valence-electron chi connectivity index (χ3n) is 2.43. The number of nitrogen functional groups attached to an aromatic ring is 1. The van der Waals surface area contributed by atoms with Crippen LogP contribution in [-0.2, 0) is 6.42 Å². The second kappa shape index (κ2) is 4.23. The number of anilines is 1. The van der Waals surface area contributed by atoms with E-state index in [0.717, 1.165) is 12.0 Å². The molecule has 0 aliphatic rings. The Morgan fingerprint density at radius 2 is 2.19 bits per heavy atom. The van der Waals surface area contributed by atoms with E-state index in [9.17, 15) is 4.39 Å². The lowest BCUT2D eigenvalue weighted by Gasteiger charge is -2.09. The van der Waals surface area contributed by atoms with Gasteiger partial charge < -0.3 is 5.43 Å². The standard InChI is InChI=1S/C11H11ClFN3/c1-2-6-3-7-4-8(13)5-9(12)10(7)15-11(6)16-14/h3-5H,2,14H2,1H3,(H,15,16). The van der Waals surface area contributed by atoms with E-state index < -0.39 is 0 Å². The van der Waals surface area contributed by atoms with Crippen molar-refractivity contribution in [3.63, 3.8) is 0 Å². The largest absolute Gasteiger partial charge is 0.308 e. The molecule has 0 saturated heterocycles. The lowest BCUT2D eigenvalue weighted by Crippen LogP contribution is -2.11. The molecule has 2 rings (SSSR count). The van der Waals surface area contributed by atoms with Crippen LogP contribution in [0.1, 0.15) is 12.5 Å². The van der Waals surface area contributed by atoms with Gasteiger partial charge in [0.15, 0.2) is 0 Å². The van der Waals surface area contributed by atoms with Crippen LogP contribution in [0, 0.1) is 5.82 Å². The van der Waals surface area contributed by atoms with Gasteiger partial charge in [0.05, 0.1) is 10.5 Å². The van der Waals surface area contributed by atoms with Gasteiger partial charge in [-0.25, -0.2) is 15.2 Å². The van der Waals surface area contributed by atoms with E-state index in [0.29, 0.717) is 16.7 Å². The van der Waals surface area contributed by atoms with Gasteiger partial charge in [-0.1, -0.05) is 18.5 Å². The summed E-state index contributed by atoms with van der Waals surface area (Å²) in [6.45, 7) is 1.98. The summed E-state index contributed by atoms with van der Waals surface area (Å²) in [5.41, 5.74) is 3.99. The fourth-order valence-electron chi connectivity index (χ4n) is 1.65. The average molecular weight is 240 g/mol. The maximum absolute atomic E-state index is 13.2. The molecule has 0 aliphatic heterocycles. The predicted molar refractivity (Wildman–Crippen MR) is 63.9 cm³/mol. The van der Waals surface area contributed by atoms with Crippen molar-refractivity contribution in [3.05, 3.63) is 34.6 Å². The summed E-state index contributed by atoms with van der Waals surface area (Å²) in [4.78, 5) is 4.27. The molecule has 2 aromatic rings. The monoisotopic (exact) mass is 239 g/mol. The van der Waals surface area contributed by atoms with Crippen molar-refractivity contribution in [2.24, 2.45) is 5.84 Å². The molecule has 16 heavy (non-hydrogen) atoms. The highest BCUT2D eigenvalue weighted by atomic mass is 35.5. The van der Waals surface area contributed by atoms with Crippen molar-refractivity contribution in [2.75, 3.05) is 5.43 Å². The van der Waals surface area contributed by atoms with Crippen LogP contribution in [0.3, 0.4) is 0 Å². The van der Waals surface area contributed by atoms with Crippen molar-refractivity contribution in [1.82, 2.24) is 4.98 Å². The Balaban J connectivity index is 2.78. The molecule has 0 atom stereocenters. The Hall–Kier alpha value is -1.39. The molecule has 0 unspecified atom stereocenters. The second-order valence-corrected chi connectivity index (χ2v) is 3.86. The lowest BCUT2D eigenvalue weighted by atomic mass is 10.1. The van der Waals surface area contributed by atoms with Gasteiger partial charge >= 0.3 is 0 Å². The van der Waals surface area contributed by atoms with Crippen LogP contribution in [0.15, 0.2) is 18.2 Å². The molecule has 1 heterocycles. The summed E-state index contributed by atoms with van der Waals surface area (Å²) in [6.07, 6.45) is 0.761. The Kier molecular flexibility index (Phi) is 2.94. The maximum atomic E-state index is 13.2. The number of nitrogens with one attached hydrogen (secondary N) is 1. The van der Waals surface area contributed by atoms with E-state index in [-0.39, 0.29) is 10.8 Å². The zero-order valence-electron chi connectivity index (χ0n) is 8.72. The molecule has 3 N–H and O–H groups in total. The number of hydrogen-bond acceptors (Lipinski definition) is 3. The molecule has 3 nitrogen and oxygen atoms in total. The summed E-state index contributed by atoms with van der Waals surface area (Å²) >= 11 is 5.92. The zero-order valence-corrected chi connectivity index (χ0v) is 9.48. The molecule has 1 aromatic heterocycles. The number of nitrogens with two attached hydrogens (primary N) is 1. The lowest BCUT2D eigenvalue weighted by molar-refractivity contribution is 0.629. The van der Waals surface area contributed by atoms with Crippen LogP contribution in [0.4, 0.5) is 10.2 Å². The third kappa shape index (κ3) is 1.81. The fraction of sp³-hybridized carbons (Fsp3) is 0.182. The van der Waals surface area contributed by atoms with E-state index in [1.54, 1.807) is 0 Å². The van der Waals surface area contributed by atoms with E-state index in [4.69, 9.17) is 17.4 Å². The normalized spacial score (nSPS) is 10.8. The number of fused-ring (bicyclic) bond motifs is 1. The van der Waals surface area contributed by atoms with Gasteiger partial charge in [-0.2, -0.15) is 0 Å². The number of hydrogen-bond donors (Lipinski definition) is 2. The molecule has 0 fully saturated rings. The Bertz CT molecular complexity index is 542. The molecule has 0 aliphatic carbocycles. The molecule has 1 aromatic carbocycles. The minimum Gasteiger partial charge on any atom is -0.308 e. The van der Waals surface area contributed by atoms with Crippen molar-refractivity contribution in [3.8, 4) is 0 Å². The molecular formula is C11H11ClFN3. The van der Waals surface area contributed by atoms with Crippen molar-refractivity contribution in [2.45, 2.75) is 13.3 Å². The average Bonchev–Trinajstić information content (AvgIpc) is 2.27. The highest BCUT2D eigenvalue weighted by molar-refractivity contribution is 6.35. The number of halogens is 2. The third-order valence-corrected chi connectivity index (χ3v) is 2.72. The molecule has 0 amide bonds. The fourth-order valence-corrected chi connectivity index (χ4v) is 1.90. The van der Waals surface area contributed by atoms with Crippen LogP contribution in [0.25, 0.3) is 10.9 Å². The van der Waals surface area contributed by atoms with Crippen LogP contribution in [0.2, 0.25) is 5.02 Å². The number of rotatable bonds is 2. The molecule has 0 radical (unpaired) electrons. The van der Waals surface area contributed by atoms with Crippen molar-refractivity contribution in [1.29, 1.82) is 0 Å². The zero-order chi connectivity index (χ0) is 11.7. The molecule has 0 bridgehead atoms. The minimum atomic E-state index is -0.366. The Morgan fingerprint density at radius 1 is 1.44 bits per heavy atom. The predicted octanol–water partition coefficient (Wildman–Crippen LogP) is 2.88. The van der Waals surface area contributed by atoms with Crippen LogP contribution < -0.4 is 11.3 Å². The Morgan fingerprint density at radius 3 is 2.81 bits per heavy atom. The first-order valence-corrected chi connectivity index (χ1v) is 5.28. The smallest absolute Gasteiger partial charge is 0.143 e. The highest BCUT2D eigenvalue weighted by Gasteiger charge is 2.08. The van der Waals surface area contributed by atoms with E-state index in [1.165, 1.54) is 12.1 Å². The summed E-state index contributed by atoms with van der Waals surface area (Å²) in [6, 6.07) is 4.49. The number of aromatic nitrogens is 1. The summed E-state index contributed by atoms with van der Waals surface area (Å²) in [5, 5.41) is 0.968. The molecule has 84 valence electrons. The van der Waals surface area contributed by atoms with Gasteiger partial charge in [0, 0.05) is 5.39 Å². The number of aryl methyl sites for hydroxylation is 1. The van der Waals surface area contributed by atoms with Crippen molar-refractivity contribution >= 4 is 28.3 Å². The van der Waals surface area contributed by atoms with E-state index in [2.05, 4.69) is 10.4 Å². The summed E-state index contributed by atoms with van der Waals surface area (Å²) < 4.78 is 13.2. The first kappa shape index (κ1) is 11.1. The van der Waals surface area contributed by atoms with Gasteiger partial charge in [-0.05, 0) is 30.2 Å². The topological polar surface area (TPSA) is 50.9 Å². The quantitative estimate of drug-likeness (QED) is 0.626. The first-order valence-electron chi connectivity index (χ1n) is 4.91. The highest BCUT2D eigenvalue weighted by Crippen LogP contribution is 2.27. The number of nitrogens with zero attached hydrogens (tertiary/aromatic N) is 1. The minimum absolute atomic E-state index is 0.286. The Labute approximate surface area is 97.4 Å².